The first-order chi connectivity index (χ1) is 13.9. The van der Waals surface area contributed by atoms with Gasteiger partial charge in [-0.1, -0.05) is 23.7 Å². The Morgan fingerprint density at radius 2 is 1.79 bits per heavy atom. The fourth-order valence-electron chi connectivity index (χ4n) is 3.61. The van der Waals surface area contributed by atoms with Gasteiger partial charge in [0.05, 0.1) is 0 Å². The van der Waals surface area contributed by atoms with E-state index in [2.05, 4.69) is 16.0 Å². The predicted octanol–water partition coefficient (Wildman–Crippen LogP) is 3.47. The highest BCUT2D eigenvalue weighted by molar-refractivity contribution is 6.30. The van der Waals surface area contributed by atoms with Crippen LogP contribution in [0.3, 0.4) is 0 Å². The van der Waals surface area contributed by atoms with Crippen LogP contribution in [-0.4, -0.2) is 53.2 Å². The van der Waals surface area contributed by atoms with Crippen molar-refractivity contribution >= 4 is 29.4 Å². The summed E-state index contributed by atoms with van der Waals surface area (Å²) in [5.74, 6) is 0.742. The normalized spacial score (nSPS) is 14.6. The van der Waals surface area contributed by atoms with Crippen LogP contribution in [0.15, 0.2) is 42.6 Å². The van der Waals surface area contributed by atoms with E-state index in [1.54, 1.807) is 0 Å². The molecule has 2 aromatic rings. The summed E-state index contributed by atoms with van der Waals surface area (Å²) in [4.78, 5) is 30.1. The maximum atomic E-state index is 11.2. The lowest BCUT2D eigenvalue weighted by Crippen LogP contribution is -2.40. The van der Waals surface area contributed by atoms with Gasteiger partial charge in [0, 0.05) is 36.4 Å². The number of carboxylic acid groups (broad SMARTS) is 1. The van der Waals surface area contributed by atoms with E-state index in [-0.39, 0.29) is 6.54 Å². The molecule has 1 aromatic heterocycles. The number of primary amides is 1. The van der Waals surface area contributed by atoms with E-state index in [4.69, 9.17) is 22.4 Å². The number of pyridine rings is 1. The van der Waals surface area contributed by atoms with Crippen LogP contribution in [0.4, 0.5) is 10.6 Å². The van der Waals surface area contributed by atoms with Gasteiger partial charge in [-0.05, 0) is 55.0 Å². The Hall–Kier alpha value is -2.80. The second-order valence-corrected chi connectivity index (χ2v) is 7.74. The molecule has 0 aliphatic carbocycles. The fourth-order valence-corrected chi connectivity index (χ4v) is 3.73. The molecule has 8 heteroatoms. The van der Waals surface area contributed by atoms with Gasteiger partial charge in [0.25, 0.3) is 0 Å². The summed E-state index contributed by atoms with van der Waals surface area (Å²) in [7, 11) is 0. The van der Waals surface area contributed by atoms with E-state index in [1.807, 2.05) is 36.5 Å². The van der Waals surface area contributed by atoms with Gasteiger partial charge in [0.1, 0.15) is 12.4 Å². The molecule has 29 heavy (non-hydrogen) atoms. The monoisotopic (exact) mass is 416 g/mol. The molecule has 1 aromatic carbocycles. The molecule has 0 unspecified atom stereocenters. The number of hydrogen-bond acceptors (Lipinski definition) is 4. The molecule has 2 heterocycles. The second kappa shape index (κ2) is 9.60. The number of benzene rings is 1. The largest absolute Gasteiger partial charge is 0.465 e. The number of anilines is 1. The Labute approximate surface area is 175 Å². The van der Waals surface area contributed by atoms with Gasteiger partial charge in [-0.2, -0.15) is 0 Å². The first-order valence-electron chi connectivity index (χ1n) is 9.65. The van der Waals surface area contributed by atoms with Crippen molar-refractivity contribution in [3.8, 4) is 11.1 Å². The Morgan fingerprint density at radius 3 is 2.34 bits per heavy atom. The number of nitrogens with two attached hydrogens (primary N) is 1. The smallest absolute Gasteiger partial charge is 0.407 e. The third kappa shape index (κ3) is 5.84. The molecule has 0 bridgehead atoms. The molecule has 154 valence electrons. The average Bonchev–Trinajstić information content (AvgIpc) is 2.72. The maximum Gasteiger partial charge on any atom is 0.407 e. The summed E-state index contributed by atoms with van der Waals surface area (Å²) >= 11 is 5.94. The van der Waals surface area contributed by atoms with Gasteiger partial charge in [0.15, 0.2) is 0 Å². The van der Waals surface area contributed by atoms with E-state index >= 15 is 0 Å². The van der Waals surface area contributed by atoms with E-state index in [9.17, 15) is 9.59 Å². The highest BCUT2D eigenvalue weighted by atomic mass is 35.5. The topological polar surface area (TPSA) is 99.8 Å². The predicted molar refractivity (Wildman–Crippen MR) is 113 cm³/mol. The third-order valence-electron chi connectivity index (χ3n) is 5.29. The van der Waals surface area contributed by atoms with Crippen LogP contribution >= 0.6 is 11.6 Å². The van der Waals surface area contributed by atoms with Crippen molar-refractivity contribution in [2.24, 2.45) is 11.7 Å². The van der Waals surface area contributed by atoms with E-state index in [0.29, 0.717) is 17.5 Å². The van der Waals surface area contributed by atoms with Crippen molar-refractivity contribution in [2.45, 2.75) is 19.3 Å². The van der Waals surface area contributed by atoms with Crippen LogP contribution in [0.5, 0.6) is 0 Å². The number of amides is 2. The molecule has 1 fully saturated rings. The molecule has 3 rings (SSSR count). The summed E-state index contributed by atoms with van der Waals surface area (Å²) in [6.07, 6.45) is 3.43. The van der Waals surface area contributed by atoms with Crippen molar-refractivity contribution in [1.29, 1.82) is 0 Å². The van der Waals surface area contributed by atoms with E-state index < -0.39 is 12.0 Å². The summed E-state index contributed by atoms with van der Waals surface area (Å²) < 4.78 is 0. The fraction of sp³-hybridized carbons (Fsp3) is 0.381. The lowest BCUT2D eigenvalue weighted by atomic mass is 9.93. The minimum absolute atomic E-state index is 0.252. The van der Waals surface area contributed by atoms with Crippen LogP contribution < -0.4 is 10.6 Å². The first-order valence-corrected chi connectivity index (χ1v) is 10.0. The van der Waals surface area contributed by atoms with Crippen LogP contribution in [-0.2, 0) is 4.79 Å². The third-order valence-corrected chi connectivity index (χ3v) is 5.54. The molecule has 0 spiro atoms. The number of aromatic nitrogens is 1. The summed E-state index contributed by atoms with van der Waals surface area (Å²) in [5.41, 5.74) is 7.23. The number of carbonyl (C=O) groups excluding carboxylic acids is 1. The highest BCUT2D eigenvalue weighted by Crippen LogP contribution is 2.26. The lowest BCUT2D eigenvalue weighted by molar-refractivity contribution is -0.118. The van der Waals surface area contributed by atoms with Crippen LogP contribution in [0.2, 0.25) is 5.02 Å². The van der Waals surface area contributed by atoms with Gasteiger partial charge in [0.2, 0.25) is 5.91 Å². The minimum atomic E-state index is -1.11. The van der Waals surface area contributed by atoms with Crippen LogP contribution in [0.25, 0.3) is 11.1 Å². The molecule has 3 N–H and O–H groups in total. The molecule has 1 aliphatic heterocycles. The SMILES string of the molecule is NC(=O)CN(CCC1CCN(c2ccc(-c3ccc(Cl)cc3)cn2)CC1)C(=O)O. The maximum absolute atomic E-state index is 11.2. The van der Waals surface area contributed by atoms with Crippen LogP contribution in [0, 0.1) is 5.92 Å². The molecule has 2 amide bonds. The standard InChI is InChI=1S/C21H25ClN4O3/c22-18-4-1-16(2-5-18)17-3-6-20(24-13-17)25-10-7-15(8-11-25)9-12-26(21(28)29)14-19(23)27/h1-6,13,15H,7-12,14H2,(H2,23,27)(H,28,29). The molecule has 1 aliphatic rings. The first kappa shape index (κ1) is 20.9. The number of nitrogens with zero attached hydrogens (tertiary/aromatic N) is 3. The Balaban J connectivity index is 1.50. The average molecular weight is 417 g/mol. The van der Waals surface area contributed by atoms with Crippen LogP contribution in [0.1, 0.15) is 19.3 Å². The number of carbonyl (C=O) groups is 2. The number of hydrogen-bond donors (Lipinski definition) is 2. The zero-order valence-corrected chi connectivity index (χ0v) is 16.9. The second-order valence-electron chi connectivity index (χ2n) is 7.30. The quantitative estimate of drug-likeness (QED) is 0.719. The number of halogens is 1. The van der Waals surface area contributed by atoms with E-state index in [0.717, 1.165) is 54.2 Å². The number of piperidine rings is 1. The van der Waals surface area contributed by atoms with Gasteiger partial charge >= 0.3 is 6.09 Å². The zero-order valence-electron chi connectivity index (χ0n) is 16.1. The molecular weight excluding hydrogens is 392 g/mol. The summed E-state index contributed by atoms with van der Waals surface area (Å²) in [6.45, 7) is 1.83. The molecule has 7 nitrogen and oxygen atoms in total. The zero-order chi connectivity index (χ0) is 20.8. The molecule has 1 saturated heterocycles. The minimum Gasteiger partial charge on any atom is -0.465 e. The highest BCUT2D eigenvalue weighted by Gasteiger charge is 2.22. The Morgan fingerprint density at radius 1 is 1.14 bits per heavy atom. The van der Waals surface area contributed by atoms with Gasteiger partial charge < -0.3 is 15.7 Å². The van der Waals surface area contributed by atoms with Crippen molar-refractivity contribution < 1.29 is 14.7 Å². The van der Waals surface area contributed by atoms with Crippen molar-refractivity contribution in [2.75, 3.05) is 31.1 Å². The summed E-state index contributed by atoms with van der Waals surface area (Å²) in [5, 5.41) is 9.87. The molecule has 0 atom stereocenters. The Kier molecular flexibility index (Phi) is 6.93. The number of rotatable bonds is 7. The Bertz CT molecular complexity index is 834. The molecule has 0 saturated carbocycles. The summed E-state index contributed by atoms with van der Waals surface area (Å²) in [6, 6.07) is 11.8. The van der Waals surface area contributed by atoms with Gasteiger partial charge in [-0.15, -0.1) is 0 Å². The van der Waals surface area contributed by atoms with Crippen molar-refractivity contribution in [1.82, 2.24) is 9.88 Å². The lowest BCUT2D eigenvalue weighted by Gasteiger charge is -2.33. The van der Waals surface area contributed by atoms with Crippen molar-refractivity contribution in [3.05, 3.63) is 47.6 Å². The van der Waals surface area contributed by atoms with Gasteiger partial charge in [-0.3, -0.25) is 9.69 Å². The van der Waals surface area contributed by atoms with Crippen molar-refractivity contribution in [3.63, 3.8) is 0 Å². The molecular formula is C21H25ClN4O3. The molecule has 0 radical (unpaired) electrons. The van der Waals surface area contributed by atoms with Gasteiger partial charge in [-0.25, -0.2) is 9.78 Å². The van der Waals surface area contributed by atoms with E-state index in [1.165, 1.54) is 0 Å².